The first-order chi connectivity index (χ1) is 9.97. The van der Waals surface area contributed by atoms with Crippen molar-refractivity contribution in [2.75, 3.05) is 26.3 Å². The fraction of sp³-hybridized carbons (Fsp3) is 0.625. The Hall–Kier alpha value is -0.490. The number of nitrogens with zero attached hydrogens (tertiary/aromatic N) is 1. The average Bonchev–Trinajstić information content (AvgIpc) is 2.51. The van der Waals surface area contributed by atoms with E-state index in [-0.39, 0.29) is 17.4 Å². The second-order valence-electron chi connectivity index (χ2n) is 5.87. The van der Waals surface area contributed by atoms with E-state index in [1.54, 1.807) is 0 Å². The first kappa shape index (κ1) is 16.9. The van der Waals surface area contributed by atoms with Crippen LogP contribution in [-0.2, 0) is 11.2 Å². The Morgan fingerprint density at radius 3 is 2.67 bits per heavy atom. The molecule has 0 aliphatic carbocycles. The van der Waals surface area contributed by atoms with E-state index in [1.165, 1.54) is 6.07 Å². The normalized spacial score (nSPS) is 21.0. The van der Waals surface area contributed by atoms with Gasteiger partial charge in [0.15, 0.2) is 0 Å². The topological polar surface area (TPSA) is 38.5 Å². The maximum atomic E-state index is 13.3. The van der Waals surface area contributed by atoms with Gasteiger partial charge in [0.1, 0.15) is 5.82 Å². The van der Waals surface area contributed by atoms with Gasteiger partial charge < -0.3 is 10.5 Å². The quantitative estimate of drug-likeness (QED) is 0.879. The summed E-state index contributed by atoms with van der Waals surface area (Å²) in [5.74, 6) is -0.237. The number of hydrogen-bond acceptors (Lipinski definition) is 3. The molecule has 0 amide bonds. The summed E-state index contributed by atoms with van der Waals surface area (Å²) in [6.07, 6.45) is 1.72. The molecule has 5 heteroatoms. The van der Waals surface area contributed by atoms with Crippen molar-refractivity contribution in [3.8, 4) is 0 Å². The summed E-state index contributed by atoms with van der Waals surface area (Å²) < 4.78 is 19.3. The first-order valence-electron chi connectivity index (χ1n) is 7.49. The highest BCUT2D eigenvalue weighted by Gasteiger charge is 2.36. The summed E-state index contributed by atoms with van der Waals surface area (Å²) in [7, 11) is 0. The van der Waals surface area contributed by atoms with Crippen LogP contribution in [0.25, 0.3) is 0 Å². The Morgan fingerprint density at radius 1 is 1.43 bits per heavy atom. The van der Waals surface area contributed by atoms with Gasteiger partial charge >= 0.3 is 0 Å². The minimum atomic E-state index is -0.237. The number of halogens is 2. The van der Waals surface area contributed by atoms with Gasteiger partial charge in [0.2, 0.25) is 0 Å². The largest absolute Gasteiger partial charge is 0.379 e. The van der Waals surface area contributed by atoms with E-state index in [4.69, 9.17) is 10.5 Å². The third-order valence-corrected chi connectivity index (χ3v) is 5.30. The Bertz CT molecular complexity index is 479. The monoisotopic (exact) mass is 358 g/mol. The van der Waals surface area contributed by atoms with Crippen molar-refractivity contribution in [3.05, 3.63) is 34.1 Å². The lowest BCUT2D eigenvalue weighted by atomic mass is 9.84. The van der Waals surface area contributed by atoms with Crippen LogP contribution in [0.1, 0.15) is 25.8 Å². The second-order valence-corrected chi connectivity index (χ2v) is 6.72. The van der Waals surface area contributed by atoms with Crippen LogP contribution in [0.15, 0.2) is 22.7 Å². The zero-order valence-corrected chi connectivity index (χ0v) is 14.3. The average molecular weight is 359 g/mol. The van der Waals surface area contributed by atoms with Gasteiger partial charge in [-0.2, -0.15) is 0 Å². The van der Waals surface area contributed by atoms with Gasteiger partial charge in [-0.05, 0) is 53.4 Å². The molecule has 2 N–H and O–H groups in total. The van der Waals surface area contributed by atoms with E-state index >= 15 is 0 Å². The van der Waals surface area contributed by atoms with Crippen molar-refractivity contribution in [1.82, 2.24) is 4.90 Å². The van der Waals surface area contributed by atoms with Crippen LogP contribution in [0, 0.1) is 5.82 Å². The Kier molecular flexibility index (Phi) is 5.77. The van der Waals surface area contributed by atoms with Crippen LogP contribution < -0.4 is 5.73 Å². The van der Waals surface area contributed by atoms with E-state index in [0.717, 1.165) is 44.7 Å². The highest BCUT2D eigenvalue weighted by molar-refractivity contribution is 9.10. The molecule has 0 bridgehead atoms. The SMILES string of the molecule is CCC(C)(C(N)Cc1ccc(F)c(Br)c1)N1CCOCC1. The van der Waals surface area contributed by atoms with E-state index < -0.39 is 0 Å². The van der Waals surface area contributed by atoms with Crippen molar-refractivity contribution < 1.29 is 9.13 Å². The molecule has 1 aliphatic heterocycles. The number of ether oxygens (including phenoxy) is 1. The van der Waals surface area contributed by atoms with E-state index in [1.807, 2.05) is 12.1 Å². The van der Waals surface area contributed by atoms with Gasteiger partial charge in [-0.1, -0.05) is 13.0 Å². The third-order valence-electron chi connectivity index (χ3n) is 4.69. The first-order valence-corrected chi connectivity index (χ1v) is 8.29. The van der Waals surface area contributed by atoms with Crippen LogP contribution >= 0.6 is 15.9 Å². The molecule has 1 aromatic rings. The fourth-order valence-corrected chi connectivity index (χ4v) is 3.36. The molecule has 1 aliphatic rings. The van der Waals surface area contributed by atoms with Crippen molar-refractivity contribution in [3.63, 3.8) is 0 Å². The van der Waals surface area contributed by atoms with Gasteiger partial charge in [0.05, 0.1) is 17.7 Å². The zero-order valence-electron chi connectivity index (χ0n) is 12.7. The molecule has 21 heavy (non-hydrogen) atoms. The molecule has 0 saturated carbocycles. The predicted molar refractivity (Wildman–Crippen MR) is 86.9 cm³/mol. The molecule has 1 aromatic carbocycles. The van der Waals surface area contributed by atoms with Gasteiger partial charge in [-0.3, -0.25) is 4.90 Å². The third kappa shape index (κ3) is 3.83. The number of morpholine rings is 1. The van der Waals surface area contributed by atoms with Crippen molar-refractivity contribution >= 4 is 15.9 Å². The highest BCUT2D eigenvalue weighted by atomic mass is 79.9. The summed E-state index contributed by atoms with van der Waals surface area (Å²) in [6.45, 7) is 7.78. The standard InChI is InChI=1S/C16H24BrFN2O/c1-3-16(2,20-6-8-21-9-7-20)15(19)11-12-4-5-14(18)13(17)10-12/h4-5,10,15H,3,6-9,11,19H2,1-2H3. The van der Waals surface area contributed by atoms with Crippen molar-refractivity contribution in [2.45, 2.75) is 38.3 Å². The molecule has 1 fully saturated rings. The summed E-state index contributed by atoms with van der Waals surface area (Å²) >= 11 is 3.24. The Balaban J connectivity index is 2.11. The highest BCUT2D eigenvalue weighted by Crippen LogP contribution is 2.27. The Morgan fingerprint density at radius 2 is 2.10 bits per heavy atom. The molecule has 1 saturated heterocycles. The molecule has 1 heterocycles. The molecule has 2 unspecified atom stereocenters. The molecule has 118 valence electrons. The van der Waals surface area contributed by atoms with Gasteiger partial charge in [0.25, 0.3) is 0 Å². The lowest BCUT2D eigenvalue weighted by molar-refractivity contribution is -0.0272. The Labute approximate surface area is 134 Å². The van der Waals surface area contributed by atoms with Crippen LogP contribution in [0.2, 0.25) is 0 Å². The van der Waals surface area contributed by atoms with E-state index in [0.29, 0.717) is 4.47 Å². The summed E-state index contributed by atoms with van der Waals surface area (Å²) in [4.78, 5) is 2.43. The summed E-state index contributed by atoms with van der Waals surface area (Å²) in [6, 6.07) is 5.13. The minimum Gasteiger partial charge on any atom is -0.379 e. The smallest absolute Gasteiger partial charge is 0.137 e. The van der Waals surface area contributed by atoms with Gasteiger partial charge in [0, 0.05) is 24.7 Å². The molecule has 0 radical (unpaired) electrons. The number of nitrogens with two attached hydrogens (primary N) is 1. The van der Waals surface area contributed by atoms with E-state index in [2.05, 4.69) is 34.7 Å². The number of hydrogen-bond donors (Lipinski definition) is 1. The molecule has 2 rings (SSSR count). The van der Waals surface area contributed by atoms with Crippen LogP contribution in [0.5, 0.6) is 0 Å². The number of benzene rings is 1. The zero-order chi connectivity index (χ0) is 15.5. The van der Waals surface area contributed by atoms with Crippen molar-refractivity contribution in [2.24, 2.45) is 5.73 Å². The summed E-state index contributed by atoms with van der Waals surface area (Å²) in [5.41, 5.74) is 7.52. The van der Waals surface area contributed by atoms with Gasteiger partial charge in [-0.25, -0.2) is 4.39 Å². The number of rotatable bonds is 5. The molecule has 0 aromatic heterocycles. The van der Waals surface area contributed by atoms with Crippen LogP contribution in [0.4, 0.5) is 4.39 Å². The molecule has 2 atom stereocenters. The predicted octanol–water partition coefficient (Wildman–Crippen LogP) is 2.96. The lowest BCUT2D eigenvalue weighted by Crippen LogP contribution is -2.61. The molecule has 0 spiro atoms. The minimum absolute atomic E-state index is 0.00189. The van der Waals surface area contributed by atoms with Gasteiger partial charge in [-0.15, -0.1) is 0 Å². The lowest BCUT2D eigenvalue weighted by Gasteiger charge is -2.46. The maximum Gasteiger partial charge on any atom is 0.137 e. The molecule has 3 nitrogen and oxygen atoms in total. The van der Waals surface area contributed by atoms with Crippen molar-refractivity contribution in [1.29, 1.82) is 0 Å². The molecular weight excluding hydrogens is 335 g/mol. The van der Waals surface area contributed by atoms with Crippen LogP contribution in [0.3, 0.4) is 0 Å². The second kappa shape index (κ2) is 7.18. The van der Waals surface area contributed by atoms with E-state index in [9.17, 15) is 4.39 Å². The molecular formula is C16H24BrFN2O. The van der Waals surface area contributed by atoms with Crippen LogP contribution in [-0.4, -0.2) is 42.8 Å². The fourth-order valence-electron chi connectivity index (χ4n) is 2.93. The summed E-state index contributed by atoms with van der Waals surface area (Å²) in [5, 5.41) is 0. The maximum absolute atomic E-state index is 13.3.